The second kappa shape index (κ2) is 11.9. The zero-order chi connectivity index (χ0) is 23.0. The molecule has 0 N–H and O–H groups in total. The third-order valence-corrected chi connectivity index (χ3v) is 6.52. The van der Waals surface area contributed by atoms with Crippen LogP contribution in [0, 0.1) is 11.8 Å². The number of benzene rings is 2. The van der Waals surface area contributed by atoms with Crippen LogP contribution in [-0.2, 0) is 13.0 Å². The van der Waals surface area contributed by atoms with Crippen LogP contribution in [0.5, 0.6) is 0 Å². The molecule has 0 fully saturated rings. The lowest BCUT2D eigenvalue weighted by Crippen LogP contribution is -2.25. The lowest BCUT2D eigenvalue weighted by Gasteiger charge is -2.20. The Morgan fingerprint density at radius 3 is 1.87 bits per heavy atom. The SMILES string of the molecule is C=c1c2ccccc2c(=C)n1CCCC(C)Cc1ccc(C(CC)C(C)C)cc1.CC. The summed E-state index contributed by atoms with van der Waals surface area (Å²) in [6.45, 7) is 22.9. The maximum atomic E-state index is 4.30. The highest BCUT2D eigenvalue weighted by atomic mass is 15.0. The van der Waals surface area contributed by atoms with Crippen molar-refractivity contribution in [3.05, 3.63) is 70.4 Å². The molecule has 2 aromatic carbocycles. The van der Waals surface area contributed by atoms with Gasteiger partial charge in [0, 0.05) is 28.0 Å². The van der Waals surface area contributed by atoms with Gasteiger partial charge >= 0.3 is 0 Å². The molecule has 168 valence electrons. The maximum Gasteiger partial charge on any atom is 0.0418 e. The van der Waals surface area contributed by atoms with Crippen LogP contribution < -0.4 is 10.7 Å². The van der Waals surface area contributed by atoms with Crippen molar-refractivity contribution >= 4 is 23.9 Å². The molecule has 0 saturated carbocycles. The number of hydrogen-bond donors (Lipinski definition) is 0. The molecule has 0 bridgehead atoms. The van der Waals surface area contributed by atoms with E-state index in [2.05, 4.69) is 94.0 Å². The Bertz CT molecular complexity index is 976. The molecule has 0 spiro atoms. The molecular weight excluding hydrogens is 374 g/mol. The van der Waals surface area contributed by atoms with E-state index in [-0.39, 0.29) is 0 Å². The summed E-state index contributed by atoms with van der Waals surface area (Å²) < 4.78 is 2.29. The average molecular weight is 418 g/mol. The minimum absolute atomic E-state index is 0.673. The standard InChI is InChI=1S/C28H37N.C2H6/c1-7-26(20(2)3)25-16-14-24(15-17-25)19-21(4)11-10-18-29-22(5)27-12-8-9-13-28(27)23(29)6;1-2/h8-9,12-17,20-21,26H,5-7,10-11,18-19H2,1-4H3;1-2H3. The molecule has 0 amide bonds. The Morgan fingerprint density at radius 2 is 1.39 bits per heavy atom. The normalized spacial score (nSPS) is 13.1. The maximum absolute atomic E-state index is 4.30. The first-order chi connectivity index (χ1) is 14.9. The molecule has 3 aromatic rings. The van der Waals surface area contributed by atoms with Crippen molar-refractivity contribution in [2.75, 3.05) is 0 Å². The van der Waals surface area contributed by atoms with E-state index in [9.17, 15) is 0 Å². The van der Waals surface area contributed by atoms with Gasteiger partial charge in [-0.2, -0.15) is 0 Å². The quantitative estimate of drug-likeness (QED) is 0.344. The smallest absolute Gasteiger partial charge is 0.0418 e. The van der Waals surface area contributed by atoms with Gasteiger partial charge in [0.25, 0.3) is 0 Å². The second-order valence-electron chi connectivity index (χ2n) is 9.04. The van der Waals surface area contributed by atoms with Crippen molar-refractivity contribution in [1.82, 2.24) is 4.57 Å². The summed E-state index contributed by atoms with van der Waals surface area (Å²) >= 11 is 0. The van der Waals surface area contributed by atoms with E-state index in [1.165, 1.54) is 34.7 Å². The fourth-order valence-electron chi connectivity index (χ4n) is 4.81. The van der Waals surface area contributed by atoms with Gasteiger partial charge in [0.15, 0.2) is 0 Å². The van der Waals surface area contributed by atoms with Crippen LogP contribution in [0.1, 0.15) is 77.8 Å². The zero-order valence-electron chi connectivity index (χ0n) is 20.7. The predicted molar refractivity (Wildman–Crippen MR) is 140 cm³/mol. The minimum atomic E-state index is 0.673. The van der Waals surface area contributed by atoms with E-state index < -0.39 is 0 Å². The number of rotatable bonds is 9. The molecule has 3 rings (SSSR count). The van der Waals surface area contributed by atoms with Gasteiger partial charge in [-0.25, -0.2) is 0 Å². The van der Waals surface area contributed by atoms with E-state index >= 15 is 0 Å². The summed E-state index contributed by atoms with van der Waals surface area (Å²) in [6, 6.07) is 17.9. The first-order valence-corrected chi connectivity index (χ1v) is 12.3. The Kier molecular flexibility index (Phi) is 9.62. The molecule has 0 aliphatic carbocycles. The van der Waals surface area contributed by atoms with Crippen molar-refractivity contribution in [3.8, 4) is 0 Å². The summed E-state index contributed by atoms with van der Waals surface area (Å²) in [6.07, 6.45) is 4.75. The fraction of sp³-hybridized carbons (Fsp3) is 0.467. The van der Waals surface area contributed by atoms with Crippen LogP contribution in [0.4, 0.5) is 0 Å². The summed E-state index contributed by atoms with van der Waals surface area (Å²) in [4.78, 5) is 0. The molecule has 0 saturated heterocycles. The monoisotopic (exact) mass is 417 g/mol. The Labute approximate surface area is 190 Å². The summed E-state index contributed by atoms with van der Waals surface area (Å²) in [5, 5.41) is 4.67. The van der Waals surface area contributed by atoms with Crippen LogP contribution in [0.3, 0.4) is 0 Å². The second-order valence-corrected chi connectivity index (χ2v) is 9.04. The van der Waals surface area contributed by atoms with Crippen molar-refractivity contribution in [3.63, 3.8) is 0 Å². The molecule has 2 unspecified atom stereocenters. The van der Waals surface area contributed by atoms with Gasteiger partial charge in [-0.05, 0) is 54.6 Å². The number of fused-ring (bicyclic) bond motifs is 1. The van der Waals surface area contributed by atoms with E-state index in [1.807, 2.05) is 13.8 Å². The van der Waals surface area contributed by atoms with Gasteiger partial charge in [0.2, 0.25) is 0 Å². The van der Waals surface area contributed by atoms with E-state index in [0.717, 1.165) is 30.1 Å². The highest BCUT2D eigenvalue weighted by molar-refractivity contribution is 5.83. The number of aromatic nitrogens is 1. The first-order valence-electron chi connectivity index (χ1n) is 12.3. The molecule has 2 atom stereocenters. The van der Waals surface area contributed by atoms with E-state index in [4.69, 9.17) is 0 Å². The molecule has 1 aromatic heterocycles. The van der Waals surface area contributed by atoms with Crippen molar-refractivity contribution in [2.45, 2.75) is 79.7 Å². The third kappa shape index (κ3) is 6.12. The molecule has 31 heavy (non-hydrogen) atoms. The fourth-order valence-corrected chi connectivity index (χ4v) is 4.81. The molecule has 0 aliphatic heterocycles. The summed E-state index contributed by atoms with van der Waals surface area (Å²) in [7, 11) is 0. The van der Waals surface area contributed by atoms with Gasteiger partial charge in [-0.3, -0.25) is 0 Å². The van der Waals surface area contributed by atoms with Gasteiger partial charge < -0.3 is 4.57 Å². The first kappa shape index (κ1) is 25.0. The molecule has 0 aliphatic rings. The average Bonchev–Trinajstić information content (AvgIpc) is 3.02. The van der Waals surface area contributed by atoms with Gasteiger partial charge in [0.1, 0.15) is 0 Å². The number of nitrogens with zero attached hydrogens (tertiary/aromatic N) is 1. The predicted octanol–water partition coefficient (Wildman–Crippen LogP) is 7.30. The van der Waals surface area contributed by atoms with Gasteiger partial charge in [-0.15, -0.1) is 0 Å². The van der Waals surface area contributed by atoms with Crippen LogP contribution in [0.15, 0.2) is 48.5 Å². The van der Waals surface area contributed by atoms with Crippen molar-refractivity contribution < 1.29 is 0 Å². The van der Waals surface area contributed by atoms with Gasteiger partial charge in [0.05, 0.1) is 0 Å². The van der Waals surface area contributed by atoms with Crippen LogP contribution >= 0.6 is 0 Å². The van der Waals surface area contributed by atoms with Gasteiger partial charge in [-0.1, -0.05) is 103 Å². The largest absolute Gasteiger partial charge is 0.341 e. The van der Waals surface area contributed by atoms with Crippen molar-refractivity contribution in [2.24, 2.45) is 11.8 Å². The van der Waals surface area contributed by atoms with Crippen LogP contribution in [0.2, 0.25) is 0 Å². The minimum Gasteiger partial charge on any atom is -0.341 e. The third-order valence-electron chi connectivity index (χ3n) is 6.52. The molecule has 1 nitrogen and oxygen atoms in total. The lowest BCUT2D eigenvalue weighted by atomic mass is 9.85. The van der Waals surface area contributed by atoms with E-state index in [1.54, 1.807) is 0 Å². The Morgan fingerprint density at radius 1 is 0.839 bits per heavy atom. The topological polar surface area (TPSA) is 4.93 Å². The molecular formula is C30H43N. The summed E-state index contributed by atoms with van der Waals surface area (Å²) in [5.74, 6) is 2.05. The molecule has 1 heteroatoms. The Hall–Kier alpha value is -2.28. The number of hydrogen-bond acceptors (Lipinski definition) is 0. The highest BCUT2D eigenvalue weighted by Crippen LogP contribution is 2.28. The van der Waals surface area contributed by atoms with E-state index in [0.29, 0.717) is 17.8 Å². The van der Waals surface area contributed by atoms with Crippen molar-refractivity contribution in [1.29, 1.82) is 0 Å². The van der Waals surface area contributed by atoms with Crippen LogP contribution in [0.25, 0.3) is 23.9 Å². The van der Waals surface area contributed by atoms with Crippen LogP contribution in [-0.4, -0.2) is 4.57 Å². The lowest BCUT2D eigenvalue weighted by molar-refractivity contribution is 0.472. The summed E-state index contributed by atoms with van der Waals surface area (Å²) in [5.41, 5.74) is 2.95. The molecule has 0 radical (unpaired) electrons. The zero-order valence-corrected chi connectivity index (χ0v) is 20.7. The highest BCUT2D eigenvalue weighted by Gasteiger charge is 2.13. The Balaban J connectivity index is 0.00000166. The molecule has 1 heterocycles.